The molecule has 5 nitrogen and oxygen atoms in total. The Hall–Kier alpha value is -1.36. The Kier molecular flexibility index (Phi) is 1.85. The zero-order chi connectivity index (χ0) is 10.3. The average molecular weight is 195 g/mol. The lowest BCUT2D eigenvalue weighted by molar-refractivity contribution is 0.0593. The number of ether oxygens (including phenoxy) is 1. The molecular weight excluding hydrogens is 182 g/mol. The van der Waals surface area contributed by atoms with Gasteiger partial charge in [0, 0.05) is 7.05 Å². The van der Waals surface area contributed by atoms with Gasteiger partial charge in [-0.1, -0.05) is 0 Å². The summed E-state index contributed by atoms with van der Waals surface area (Å²) in [5, 5.41) is 4.05. The minimum Gasteiger partial charge on any atom is -0.464 e. The van der Waals surface area contributed by atoms with Crippen LogP contribution in [-0.4, -0.2) is 22.9 Å². The van der Waals surface area contributed by atoms with E-state index in [9.17, 15) is 4.79 Å². The summed E-state index contributed by atoms with van der Waals surface area (Å²) in [5.41, 5.74) is 6.96. The van der Waals surface area contributed by atoms with Crippen molar-refractivity contribution in [3.8, 4) is 0 Å². The monoisotopic (exact) mass is 195 g/mol. The third-order valence-electron chi connectivity index (χ3n) is 2.57. The van der Waals surface area contributed by atoms with Gasteiger partial charge < -0.3 is 10.5 Å². The summed E-state index contributed by atoms with van der Waals surface area (Å²) in [5.74, 6) is -0.420. The lowest BCUT2D eigenvalue weighted by atomic mass is 10.2. The van der Waals surface area contributed by atoms with Gasteiger partial charge in [0.2, 0.25) is 0 Å². The second-order valence-corrected chi connectivity index (χ2v) is 3.69. The van der Waals surface area contributed by atoms with E-state index in [0.29, 0.717) is 5.69 Å². The Morgan fingerprint density at radius 1 is 1.71 bits per heavy atom. The van der Waals surface area contributed by atoms with E-state index in [1.54, 1.807) is 17.8 Å². The van der Waals surface area contributed by atoms with Crippen LogP contribution in [0.15, 0.2) is 6.07 Å². The molecule has 1 fully saturated rings. The van der Waals surface area contributed by atoms with Gasteiger partial charge in [0.1, 0.15) is 0 Å². The maximum absolute atomic E-state index is 11.2. The van der Waals surface area contributed by atoms with Crippen molar-refractivity contribution in [1.82, 2.24) is 9.78 Å². The fourth-order valence-corrected chi connectivity index (χ4v) is 1.53. The van der Waals surface area contributed by atoms with E-state index in [1.807, 2.05) is 0 Å². The van der Waals surface area contributed by atoms with E-state index in [4.69, 9.17) is 5.73 Å². The lowest BCUT2D eigenvalue weighted by Gasteiger charge is -2.07. The van der Waals surface area contributed by atoms with E-state index in [-0.39, 0.29) is 5.54 Å². The average Bonchev–Trinajstić information content (AvgIpc) is 2.77. The van der Waals surface area contributed by atoms with Gasteiger partial charge in [0.15, 0.2) is 5.69 Å². The second kappa shape index (κ2) is 2.81. The molecule has 0 spiro atoms. The lowest BCUT2D eigenvalue weighted by Crippen LogP contribution is -2.22. The molecule has 0 amide bonds. The molecule has 0 unspecified atom stereocenters. The molecule has 2 N–H and O–H groups in total. The zero-order valence-corrected chi connectivity index (χ0v) is 8.28. The van der Waals surface area contributed by atoms with Crippen molar-refractivity contribution in [2.75, 3.05) is 7.11 Å². The number of esters is 1. The molecule has 1 heterocycles. The Morgan fingerprint density at radius 3 is 2.86 bits per heavy atom. The van der Waals surface area contributed by atoms with Crippen LogP contribution in [0.5, 0.6) is 0 Å². The largest absolute Gasteiger partial charge is 0.464 e. The van der Waals surface area contributed by atoms with Crippen LogP contribution >= 0.6 is 0 Å². The third kappa shape index (κ3) is 1.29. The van der Waals surface area contributed by atoms with Crippen LogP contribution in [0.25, 0.3) is 0 Å². The number of aromatic nitrogens is 2. The number of aryl methyl sites for hydroxylation is 1. The Balaban J connectivity index is 2.35. The number of carbonyl (C=O) groups is 1. The van der Waals surface area contributed by atoms with Gasteiger partial charge in [-0.05, 0) is 18.9 Å². The van der Waals surface area contributed by atoms with Crippen LogP contribution in [-0.2, 0) is 17.3 Å². The number of hydrogen-bond donors (Lipinski definition) is 1. The van der Waals surface area contributed by atoms with Gasteiger partial charge >= 0.3 is 5.97 Å². The molecule has 1 saturated carbocycles. The van der Waals surface area contributed by atoms with Crippen molar-refractivity contribution in [2.24, 2.45) is 12.8 Å². The number of rotatable bonds is 2. The molecule has 0 bridgehead atoms. The van der Waals surface area contributed by atoms with Crippen molar-refractivity contribution < 1.29 is 9.53 Å². The summed E-state index contributed by atoms with van der Waals surface area (Å²) in [7, 11) is 3.13. The molecule has 2 rings (SSSR count). The number of hydrogen-bond acceptors (Lipinski definition) is 4. The first kappa shape index (κ1) is 9.21. The van der Waals surface area contributed by atoms with Crippen LogP contribution in [0.4, 0.5) is 0 Å². The van der Waals surface area contributed by atoms with Crippen LogP contribution in [0.3, 0.4) is 0 Å². The summed E-state index contributed by atoms with van der Waals surface area (Å²) < 4.78 is 6.23. The fourth-order valence-electron chi connectivity index (χ4n) is 1.53. The smallest absolute Gasteiger partial charge is 0.358 e. The van der Waals surface area contributed by atoms with Crippen LogP contribution < -0.4 is 5.73 Å². The number of nitrogens with zero attached hydrogens (tertiary/aromatic N) is 2. The molecule has 0 radical (unpaired) electrons. The first-order valence-electron chi connectivity index (χ1n) is 4.48. The van der Waals surface area contributed by atoms with E-state index >= 15 is 0 Å². The maximum atomic E-state index is 11.2. The highest BCUT2D eigenvalue weighted by Crippen LogP contribution is 2.42. The van der Waals surface area contributed by atoms with Crippen molar-refractivity contribution in [3.63, 3.8) is 0 Å². The molecule has 5 heteroatoms. The van der Waals surface area contributed by atoms with Crippen LogP contribution in [0, 0.1) is 0 Å². The topological polar surface area (TPSA) is 70.1 Å². The third-order valence-corrected chi connectivity index (χ3v) is 2.57. The Morgan fingerprint density at radius 2 is 2.36 bits per heavy atom. The SMILES string of the molecule is COC(=O)c1cc(C2(N)CC2)n(C)n1. The van der Waals surface area contributed by atoms with E-state index in [1.165, 1.54) is 7.11 Å². The molecule has 0 aromatic carbocycles. The highest BCUT2D eigenvalue weighted by atomic mass is 16.5. The van der Waals surface area contributed by atoms with Crippen molar-refractivity contribution in [3.05, 3.63) is 17.5 Å². The summed E-state index contributed by atoms with van der Waals surface area (Å²) in [6, 6.07) is 1.71. The van der Waals surface area contributed by atoms with Gasteiger partial charge in [0.25, 0.3) is 0 Å². The normalized spacial score (nSPS) is 17.9. The maximum Gasteiger partial charge on any atom is 0.358 e. The summed E-state index contributed by atoms with van der Waals surface area (Å²) >= 11 is 0. The van der Waals surface area contributed by atoms with Gasteiger partial charge in [0.05, 0.1) is 18.3 Å². The predicted molar refractivity (Wildman–Crippen MR) is 49.6 cm³/mol. The fraction of sp³-hybridized carbons (Fsp3) is 0.556. The number of nitrogens with two attached hydrogens (primary N) is 1. The molecule has 1 aromatic heterocycles. The first-order valence-corrected chi connectivity index (χ1v) is 4.48. The van der Waals surface area contributed by atoms with E-state index in [2.05, 4.69) is 9.84 Å². The predicted octanol–water partition coefficient (Wildman–Crippen LogP) is 0.154. The van der Waals surface area contributed by atoms with Gasteiger partial charge in [-0.2, -0.15) is 5.10 Å². The molecule has 0 aliphatic heterocycles. The van der Waals surface area contributed by atoms with Crippen LogP contribution in [0.2, 0.25) is 0 Å². The van der Waals surface area contributed by atoms with E-state index < -0.39 is 5.97 Å². The highest BCUT2D eigenvalue weighted by Gasteiger charge is 2.43. The van der Waals surface area contributed by atoms with E-state index in [0.717, 1.165) is 18.5 Å². The van der Waals surface area contributed by atoms with Crippen LogP contribution in [0.1, 0.15) is 29.0 Å². The Labute approximate surface area is 81.8 Å². The highest BCUT2D eigenvalue weighted by molar-refractivity contribution is 5.87. The minimum absolute atomic E-state index is 0.270. The molecule has 0 atom stereocenters. The second-order valence-electron chi connectivity index (χ2n) is 3.69. The van der Waals surface area contributed by atoms with Gasteiger partial charge in [-0.3, -0.25) is 4.68 Å². The minimum atomic E-state index is -0.420. The molecule has 76 valence electrons. The molecule has 1 aliphatic carbocycles. The quantitative estimate of drug-likeness (QED) is 0.682. The Bertz CT molecular complexity index is 379. The molecule has 1 aliphatic rings. The zero-order valence-electron chi connectivity index (χ0n) is 8.28. The van der Waals surface area contributed by atoms with Gasteiger partial charge in [-0.25, -0.2) is 4.79 Å². The standard InChI is InChI=1S/C9H13N3O2/c1-12-7(9(10)3-4-9)5-6(11-12)8(13)14-2/h5H,3-4,10H2,1-2H3. The van der Waals surface area contributed by atoms with Gasteiger partial charge in [-0.15, -0.1) is 0 Å². The molecule has 1 aromatic rings. The molecule has 14 heavy (non-hydrogen) atoms. The van der Waals surface area contributed by atoms with Crippen molar-refractivity contribution in [2.45, 2.75) is 18.4 Å². The molecule has 0 saturated heterocycles. The number of methoxy groups -OCH3 is 1. The summed E-state index contributed by atoms with van der Waals surface area (Å²) in [6.07, 6.45) is 1.90. The number of carbonyl (C=O) groups excluding carboxylic acids is 1. The summed E-state index contributed by atoms with van der Waals surface area (Å²) in [4.78, 5) is 11.2. The first-order chi connectivity index (χ1) is 6.57. The van der Waals surface area contributed by atoms with Crippen molar-refractivity contribution >= 4 is 5.97 Å². The van der Waals surface area contributed by atoms with Crippen molar-refractivity contribution in [1.29, 1.82) is 0 Å². The molecular formula is C9H13N3O2. The summed E-state index contributed by atoms with van der Waals surface area (Å²) in [6.45, 7) is 0.